The van der Waals surface area contributed by atoms with Crippen molar-refractivity contribution in [3.63, 3.8) is 0 Å². The van der Waals surface area contributed by atoms with Crippen LogP contribution in [0.15, 0.2) is 48.5 Å². The number of hydrogen-bond acceptors (Lipinski definition) is 4. The van der Waals surface area contributed by atoms with E-state index < -0.39 is 24.6 Å². The molecule has 3 aromatic rings. The van der Waals surface area contributed by atoms with Crippen molar-refractivity contribution in [3.05, 3.63) is 70.4 Å². The van der Waals surface area contributed by atoms with Gasteiger partial charge in [0.25, 0.3) is 0 Å². The van der Waals surface area contributed by atoms with Gasteiger partial charge < -0.3 is 9.64 Å². The van der Waals surface area contributed by atoms with Crippen molar-refractivity contribution in [1.29, 1.82) is 0 Å². The molecule has 29 heavy (non-hydrogen) atoms. The predicted octanol–water partition coefficient (Wildman–Crippen LogP) is 6.12. The fraction of sp³-hybridized carbons (Fsp3) is 0.200. The van der Waals surface area contributed by atoms with Crippen LogP contribution in [0.4, 0.5) is 18.2 Å². The van der Waals surface area contributed by atoms with Crippen LogP contribution in [0.2, 0.25) is 5.02 Å². The third-order valence-corrected chi connectivity index (χ3v) is 5.41. The number of ether oxygens (including phenoxy) is 1. The minimum absolute atomic E-state index is 0.0522. The molecule has 9 heteroatoms. The Morgan fingerprint density at radius 3 is 2.24 bits per heavy atom. The van der Waals surface area contributed by atoms with E-state index in [1.807, 2.05) is 0 Å². The molecule has 1 heterocycles. The second kappa shape index (κ2) is 8.42. The first kappa shape index (κ1) is 17.3. The minimum atomic E-state index is -4.43. The summed E-state index contributed by atoms with van der Waals surface area (Å²) < 4.78 is 70.6. The van der Waals surface area contributed by atoms with E-state index in [0.717, 1.165) is 23.7 Å². The molecule has 0 N–H and O–H groups in total. The van der Waals surface area contributed by atoms with E-state index in [-0.39, 0.29) is 22.2 Å². The Labute approximate surface area is 178 Å². The fourth-order valence-electron chi connectivity index (χ4n) is 2.38. The highest BCUT2D eigenvalue weighted by molar-refractivity contribution is 7.11. The number of aryl methyl sites for hydroxylation is 1. The molecule has 0 fully saturated rings. The largest absolute Gasteiger partial charge is 0.457 e. The monoisotopic (exact) mass is 443 g/mol. The van der Waals surface area contributed by atoms with Gasteiger partial charge in [-0.05, 0) is 60.4 Å². The lowest BCUT2D eigenvalue weighted by Crippen LogP contribution is -2.27. The number of alkyl halides is 3. The molecule has 1 aromatic heterocycles. The fourth-order valence-corrected chi connectivity index (χ4v) is 3.38. The molecule has 0 saturated carbocycles. The summed E-state index contributed by atoms with van der Waals surface area (Å²) in [4.78, 5) is 13.4. The number of nitrogens with zero attached hydrogens (tertiary/aromatic N) is 2. The van der Waals surface area contributed by atoms with Gasteiger partial charge in [0.1, 0.15) is 16.5 Å². The molecule has 4 nitrogen and oxygen atoms in total. The number of carbonyl (C=O) groups excluding carboxylic acids is 1. The molecule has 1 amide bonds. The number of benzene rings is 2. The molecule has 0 bridgehead atoms. The Morgan fingerprint density at radius 1 is 1.17 bits per heavy atom. The van der Waals surface area contributed by atoms with E-state index in [1.54, 1.807) is 19.1 Å². The third-order valence-electron chi connectivity index (χ3n) is 3.92. The summed E-state index contributed by atoms with van der Waals surface area (Å²) in [5.41, 5.74) is 0.161. The Bertz CT molecular complexity index is 1100. The lowest BCUT2D eigenvalue weighted by atomic mass is 10.1. The molecule has 152 valence electrons. The highest BCUT2D eigenvalue weighted by atomic mass is 35.5. The number of anilines is 1. The van der Waals surface area contributed by atoms with Crippen molar-refractivity contribution in [2.24, 2.45) is 0 Å². The Balaban J connectivity index is 1.71. The van der Waals surface area contributed by atoms with Crippen molar-refractivity contribution < 1.29 is 26.8 Å². The van der Waals surface area contributed by atoms with Gasteiger partial charge in [-0.25, -0.2) is 0 Å². The maximum atomic E-state index is 12.8. The number of hydrogen-bond donors (Lipinski definition) is 0. The number of aromatic nitrogens is 1. The number of carbonyl (C=O) groups is 1. The van der Waals surface area contributed by atoms with E-state index in [1.165, 1.54) is 24.3 Å². The maximum Gasteiger partial charge on any atom is 0.416 e. The topological polar surface area (TPSA) is 42.4 Å². The van der Waals surface area contributed by atoms with Gasteiger partial charge in [-0.15, -0.1) is 0 Å². The molecule has 0 unspecified atom stereocenters. The zero-order valence-corrected chi connectivity index (χ0v) is 16.5. The molecule has 0 atom stereocenters. The highest BCUT2D eigenvalue weighted by Crippen LogP contribution is 2.33. The molecule has 0 saturated heterocycles. The highest BCUT2D eigenvalue weighted by Gasteiger charge is 2.30. The van der Waals surface area contributed by atoms with Crippen molar-refractivity contribution in [2.45, 2.75) is 19.5 Å². The van der Waals surface area contributed by atoms with Crippen LogP contribution in [0.1, 0.15) is 20.9 Å². The van der Waals surface area contributed by atoms with Crippen molar-refractivity contribution in [1.82, 2.24) is 4.37 Å². The summed E-state index contributed by atoms with van der Waals surface area (Å²) >= 11 is 6.94. The third kappa shape index (κ3) is 5.07. The van der Waals surface area contributed by atoms with E-state index in [0.29, 0.717) is 21.9 Å². The van der Waals surface area contributed by atoms with Gasteiger partial charge in [-0.2, -0.15) is 17.5 Å². The summed E-state index contributed by atoms with van der Waals surface area (Å²) in [7, 11) is 0. The van der Waals surface area contributed by atoms with Gasteiger partial charge in [0.2, 0.25) is 5.91 Å². The average Bonchev–Trinajstić information content (AvgIpc) is 3.01. The molecule has 0 aliphatic heterocycles. The van der Waals surface area contributed by atoms with Crippen molar-refractivity contribution in [2.75, 3.05) is 11.9 Å². The first-order valence-electron chi connectivity index (χ1n) is 9.75. The molecule has 0 spiro atoms. The van der Waals surface area contributed by atoms with Crippen LogP contribution in [-0.4, -0.2) is 17.3 Å². The summed E-state index contributed by atoms with van der Waals surface area (Å²) in [6.07, 6.45) is -4.65. The van der Waals surface area contributed by atoms with E-state index in [4.69, 9.17) is 20.5 Å². The van der Waals surface area contributed by atoms with Crippen molar-refractivity contribution in [3.8, 4) is 11.5 Å². The molecule has 3 rings (SSSR count). The summed E-state index contributed by atoms with van der Waals surface area (Å²) in [6, 6.07) is 10.4. The molecule has 0 aliphatic rings. The standard InChI is InChI=1S/C20H16ClF3N2O2S/c1-12-18(21)19(29-25-12)26(2)17(27)11-13-3-7-15(8-4-13)28-16-9-5-14(6-10-16)20(22,23)24/h3-10H,11H2,1-2H3/i2D3. The van der Waals surface area contributed by atoms with E-state index >= 15 is 0 Å². The van der Waals surface area contributed by atoms with Crippen LogP contribution in [-0.2, 0) is 17.4 Å². The average molecular weight is 444 g/mol. The zero-order valence-electron chi connectivity index (χ0n) is 18.0. The quantitative estimate of drug-likeness (QED) is 0.477. The van der Waals surface area contributed by atoms with Gasteiger partial charge in [0.15, 0.2) is 0 Å². The zero-order chi connectivity index (χ0) is 23.7. The van der Waals surface area contributed by atoms with Gasteiger partial charge in [-0.3, -0.25) is 4.79 Å². The lowest BCUT2D eigenvalue weighted by molar-refractivity contribution is -0.137. The molecular formula is C20H16ClF3N2O2S. The van der Waals surface area contributed by atoms with Crippen LogP contribution >= 0.6 is 23.1 Å². The number of halogens is 4. The van der Waals surface area contributed by atoms with Crippen LogP contribution < -0.4 is 9.64 Å². The van der Waals surface area contributed by atoms with Gasteiger partial charge >= 0.3 is 6.18 Å². The van der Waals surface area contributed by atoms with Gasteiger partial charge in [-0.1, -0.05) is 23.7 Å². The molecule has 2 aromatic carbocycles. The maximum absolute atomic E-state index is 12.8. The molecular weight excluding hydrogens is 425 g/mol. The predicted molar refractivity (Wildman–Crippen MR) is 107 cm³/mol. The van der Waals surface area contributed by atoms with Crippen molar-refractivity contribution >= 4 is 34.0 Å². The van der Waals surface area contributed by atoms with Crippen LogP contribution in [0, 0.1) is 6.92 Å². The second-order valence-electron chi connectivity index (χ2n) is 6.06. The Hall–Kier alpha value is -2.58. The SMILES string of the molecule is [2H]C([2H])([2H])N(C(=O)Cc1ccc(Oc2ccc(C(F)(F)F)cc2)cc1)c1snc(C)c1Cl. The summed E-state index contributed by atoms with van der Waals surface area (Å²) in [6.45, 7) is -1.13. The smallest absolute Gasteiger partial charge is 0.416 e. The minimum Gasteiger partial charge on any atom is -0.457 e. The second-order valence-corrected chi connectivity index (χ2v) is 7.19. The first-order chi connectivity index (χ1) is 14.9. The summed E-state index contributed by atoms with van der Waals surface area (Å²) in [5, 5.41) is 0.163. The normalized spacial score (nSPS) is 13.3. The Kier molecular flexibility index (Phi) is 5.02. The number of rotatable bonds is 5. The molecule has 0 aliphatic carbocycles. The number of likely N-dealkylation sites (N-methyl/N-ethyl adjacent to an activating group) is 1. The number of amides is 1. The van der Waals surface area contributed by atoms with Crippen LogP contribution in [0.3, 0.4) is 0 Å². The Morgan fingerprint density at radius 2 is 1.76 bits per heavy atom. The van der Waals surface area contributed by atoms with Gasteiger partial charge in [0, 0.05) is 11.1 Å². The van der Waals surface area contributed by atoms with E-state index in [2.05, 4.69) is 4.37 Å². The van der Waals surface area contributed by atoms with Gasteiger partial charge in [0.05, 0.1) is 22.7 Å². The van der Waals surface area contributed by atoms with Crippen LogP contribution in [0.5, 0.6) is 11.5 Å². The van der Waals surface area contributed by atoms with E-state index in [9.17, 15) is 18.0 Å². The lowest BCUT2D eigenvalue weighted by Gasteiger charge is -2.15. The summed E-state index contributed by atoms with van der Waals surface area (Å²) in [5.74, 6) is -0.132. The van der Waals surface area contributed by atoms with Crippen LogP contribution in [0.25, 0.3) is 0 Å². The first-order valence-corrected chi connectivity index (χ1v) is 9.40. The molecule has 0 radical (unpaired) electrons.